The first-order valence-electron chi connectivity index (χ1n) is 11.5. The lowest BCUT2D eigenvalue weighted by Gasteiger charge is -2.29. The molecule has 1 aromatic carbocycles. The van der Waals surface area contributed by atoms with Crippen molar-refractivity contribution in [2.45, 2.75) is 79.7 Å². The maximum absolute atomic E-state index is 13.0. The van der Waals surface area contributed by atoms with E-state index in [2.05, 4.69) is 57.2 Å². The minimum absolute atomic E-state index is 0.0574. The smallest absolute Gasteiger partial charge is 0.256 e. The Morgan fingerprint density at radius 1 is 1.06 bits per heavy atom. The van der Waals surface area contributed by atoms with Crippen LogP contribution < -0.4 is 5.32 Å². The number of amides is 1. The van der Waals surface area contributed by atoms with E-state index in [1.165, 1.54) is 47.1 Å². The second-order valence-electron chi connectivity index (χ2n) is 9.45. The second-order valence-corrected chi connectivity index (χ2v) is 9.45. The molecule has 3 aromatic rings. The third-order valence-corrected chi connectivity index (χ3v) is 7.08. The van der Waals surface area contributed by atoms with Crippen LogP contribution in [0.5, 0.6) is 0 Å². The summed E-state index contributed by atoms with van der Waals surface area (Å²) in [5, 5.41) is 7.79. The molecule has 1 aliphatic carbocycles. The molecule has 0 radical (unpaired) electrons. The van der Waals surface area contributed by atoms with Crippen LogP contribution in [0.2, 0.25) is 0 Å². The van der Waals surface area contributed by atoms with Crippen molar-refractivity contribution in [3.8, 4) is 0 Å². The van der Waals surface area contributed by atoms with Crippen LogP contribution in [-0.4, -0.2) is 26.5 Å². The minimum atomic E-state index is -0.0574. The lowest BCUT2D eigenvalue weighted by atomic mass is 9.86. The van der Waals surface area contributed by atoms with Crippen LogP contribution >= 0.6 is 0 Å². The van der Waals surface area contributed by atoms with Crippen LogP contribution in [-0.2, 0) is 6.42 Å². The molecule has 164 valence electrons. The first-order valence-corrected chi connectivity index (χ1v) is 11.5. The van der Waals surface area contributed by atoms with Crippen molar-refractivity contribution in [1.82, 2.24) is 19.9 Å². The molecule has 2 aromatic heterocycles. The molecule has 0 aliphatic heterocycles. The fourth-order valence-electron chi connectivity index (χ4n) is 5.17. The fourth-order valence-corrected chi connectivity index (χ4v) is 5.17. The zero-order chi connectivity index (χ0) is 22.3. The molecule has 1 aliphatic rings. The number of benzene rings is 1. The van der Waals surface area contributed by atoms with Crippen molar-refractivity contribution in [2.24, 2.45) is 5.92 Å². The first-order chi connectivity index (χ1) is 14.8. The van der Waals surface area contributed by atoms with Crippen LogP contribution in [0.3, 0.4) is 0 Å². The van der Waals surface area contributed by atoms with E-state index in [1.54, 1.807) is 6.20 Å². The Hall–Kier alpha value is -2.69. The molecular weight excluding hydrogens is 384 g/mol. The normalized spacial score (nSPS) is 19.0. The molecule has 1 fully saturated rings. The Morgan fingerprint density at radius 2 is 1.74 bits per heavy atom. The molecule has 1 amide bonds. The number of rotatable bonds is 4. The number of fused-ring (bicyclic) bond motifs is 1. The molecule has 31 heavy (non-hydrogen) atoms. The first kappa shape index (κ1) is 21.5. The van der Waals surface area contributed by atoms with Gasteiger partial charge in [-0.1, -0.05) is 37.5 Å². The van der Waals surface area contributed by atoms with Gasteiger partial charge in [0.05, 0.1) is 6.20 Å². The molecule has 0 saturated heterocycles. The maximum atomic E-state index is 13.0. The molecule has 2 heterocycles. The zero-order valence-electron chi connectivity index (χ0n) is 19.7. The van der Waals surface area contributed by atoms with Crippen molar-refractivity contribution < 1.29 is 4.79 Å². The number of hydrogen-bond acceptors (Lipinski definition) is 3. The van der Waals surface area contributed by atoms with Gasteiger partial charge in [-0.2, -0.15) is 5.10 Å². The highest BCUT2D eigenvalue weighted by Crippen LogP contribution is 2.26. The van der Waals surface area contributed by atoms with Crippen molar-refractivity contribution in [3.05, 3.63) is 63.1 Å². The van der Waals surface area contributed by atoms with Gasteiger partial charge < -0.3 is 5.32 Å². The fraction of sp³-hybridized carbons (Fsp3) is 0.500. The lowest BCUT2D eigenvalue weighted by Crippen LogP contribution is -2.41. The number of carbonyl (C=O) groups is 1. The summed E-state index contributed by atoms with van der Waals surface area (Å²) in [6, 6.07) is 4.72. The average molecular weight is 419 g/mol. The van der Waals surface area contributed by atoms with Crippen LogP contribution in [0.15, 0.2) is 18.3 Å². The number of nitrogens with one attached hydrogen (secondary N) is 1. The monoisotopic (exact) mass is 418 g/mol. The van der Waals surface area contributed by atoms with Crippen molar-refractivity contribution in [1.29, 1.82) is 0 Å². The SMILES string of the molecule is Cc1cc(C)c(Cc2c(C)nc3c(C(=O)NC4CCCCC4C)cnn3c2C)c(C)c1. The summed E-state index contributed by atoms with van der Waals surface area (Å²) in [5.41, 5.74) is 9.65. The Kier molecular flexibility index (Phi) is 5.87. The Balaban J connectivity index is 1.67. The number of hydrogen-bond donors (Lipinski definition) is 1. The Morgan fingerprint density at radius 3 is 2.42 bits per heavy atom. The summed E-state index contributed by atoms with van der Waals surface area (Å²) in [6.45, 7) is 12.8. The summed E-state index contributed by atoms with van der Waals surface area (Å²) in [4.78, 5) is 17.9. The molecule has 5 nitrogen and oxygen atoms in total. The Bertz CT molecular complexity index is 1120. The van der Waals surface area contributed by atoms with Gasteiger partial charge in [-0.3, -0.25) is 4.79 Å². The number of carbonyl (C=O) groups excluding carboxylic acids is 1. The molecule has 0 spiro atoms. The van der Waals surface area contributed by atoms with E-state index in [4.69, 9.17) is 4.98 Å². The predicted molar refractivity (Wildman–Crippen MR) is 125 cm³/mol. The Labute approximate surface area is 185 Å². The van der Waals surface area contributed by atoms with Crippen LogP contribution in [0.4, 0.5) is 0 Å². The van der Waals surface area contributed by atoms with Gasteiger partial charge in [-0.15, -0.1) is 0 Å². The number of aryl methyl sites for hydroxylation is 5. The van der Waals surface area contributed by atoms with Gasteiger partial charge in [0.25, 0.3) is 5.91 Å². The van der Waals surface area contributed by atoms with Crippen molar-refractivity contribution in [3.63, 3.8) is 0 Å². The molecule has 1 N–H and O–H groups in total. The molecule has 5 heteroatoms. The highest BCUT2D eigenvalue weighted by Gasteiger charge is 2.25. The van der Waals surface area contributed by atoms with E-state index >= 15 is 0 Å². The molecule has 0 bridgehead atoms. The quantitative estimate of drug-likeness (QED) is 0.636. The van der Waals surface area contributed by atoms with Gasteiger partial charge in [0.2, 0.25) is 0 Å². The topological polar surface area (TPSA) is 59.3 Å². The third kappa shape index (κ3) is 4.10. The second kappa shape index (κ2) is 8.45. The minimum Gasteiger partial charge on any atom is -0.349 e. The van der Waals surface area contributed by atoms with Crippen LogP contribution in [0.1, 0.15) is 82.2 Å². The lowest BCUT2D eigenvalue weighted by molar-refractivity contribution is 0.0911. The highest BCUT2D eigenvalue weighted by atomic mass is 16.1. The highest BCUT2D eigenvalue weighted by molar-refractivity contribution is 5.99. The van der Waals surface area contributed by atoms with Crippen molar-refractivity contribution in [2.75, 3.05) is 0 Å². The summed E-state index contributed by atoms with van der Waals surface area (Å²) >= 11 is 0. The molecule has 2 unspecified atom stereocenters. The summed E-state index contributed by atoms with van der Waals surface area (Å²) in [7, 11) is 0. The summed E-state index contributed by atoms with van der Waals surface area (Å²) in [5.74, 6) is 0.460. The summed E-state index contributed by atoms with van der Waals surface area (Å²) in [6.07, 6.45) is 7.16. The maximum Gasteiger partial charge on any atom is 0.256 e. The van der Waals surface area contributed by atoms with Gasteiger partial charge >= 0.3 is 0 Å². The average Bonchev–Trinajstić information content (AvgIpc) is 3.12. The predicted octanol–water partition coefficient (Wildman–Crippen LogP) is 5.17. The van der Waals surface area contributed by atoms with E-state index in [1.807, 2.05) is 11.4 Å². The van der Waals surface area contributed by atoms with E-state index < -0.39 is 0 Å². The molecular formula is C26H34N4O. The summed E-state index contributed by atoms with van der Waals surface area (Å²) < 4.78 is 1.83. The van der Waals surface area contributed by atoms with Crippen LogP contribution in [0, 0.1) is 40.5 Å². The van der Waals surface area contributed by atoms with Gasteiger partial charge in [0.1, 0.15) is 5.56 Å². The van der Waals surface area contributed by atoms with Crippen LogP contribution in [0.25, 0.3) is 5.65 Å². The van der Waals surface area contributed by atoms with Crippen molar-refractivity contribution >= 4 is 11.6 Å². The van der Waals surface area contributed by atoms with Gasteiger partial charge in [0, 0.05) is 23.9 Å². The van der Waals surface area contributed by atoms with E-state index in [-0.39, 0.29) is 11.9 Å². The molecule has 2 atom stereocenters. The third-order valence-electron chi connectivity index (χ3n) is 7.08. The van der Waals surface area contributed by atoms with E-state index in [0.29, 0.717) is 17.1 Å². The molecule has 4 rings (SSSR count). The van der Waals surface area contributed by atoms with E-state index in [9.17, 15) is 4.79 Å². The largest absolute Gasteiger partial charge is 0.349 e. The zero-order valence-corrected chi connectivity index (χ0v) is 19.7. The van der Waals surface area contributed by atoms with Gasteiger partial charge in [0.15, 0.2) is 5.65 Å². The van der Waals surface area contributed by atoms with Gasteiger partial charge in [-0.05, 0) is 75.6 Å². The van der Waals surface area contributed by atoms with Gasteiger partial charge in [-0.25, -0.2) is 9.50 Å². The molecule has 1 saturated carbocycles. The number of aromatic nitrogens is 3. The standard InChI is InChI=1S/C26H34N4O/c1-15-11-17(3)21(18(4)12-15)13-22-19(5)28-25-23(14-27-30(25)20(22)6)26(31)29-24-10-8-7-9-16(24)2/h11-12,14,16,24H,7-10,13H2,1-6H3,(H,29,31). The van der Waals surface area contributed by atoms with E-state index in [0.717, 1.165) is 24.2 Å². The number of nitrogens with zero attached hydrogens (tertiary/aromatic N) is 3.